The zero-order valence-electron chi connectivity index (χ0n) is 7.86. The normalized spacial score (nSPS) is 12.1. The van der Waals surface area contributed by atoms with E-state index in [1.807, 2.05) is 12.1 Å². The van der Waals surface area contributed by atoms with Crippen LogP contribution in [0.5, 0.6) is 0 Å². The van der Waals surface area contributed by atoms with Crippen molar-refractivity contribution in [3.8, 4) is 0 Å². The van der Waals surface area contributed by atoms with E-state index in [2.05, 4.69) is 14.7 Å². The summed E-state index contributed by atoms with van der Waals surface area (Å²) in [5.74, 6) is 1.74. The molecule has 0 unspecified atom stereocenters. The molecule has 0 spiro atoms. The SMILES string of the molecule is COC(=O)Cc1ncnc2c1C=CB2. The minimum atomic E-state index is -0.272. The van der Waals surface area contributed by atoms with Crippen molar-refractivity contribution in [1.82, 2.24) is 9.97 Å². The van der Waals surface area contributed by atoms with Crippen LogP contribution in [-0.4, -0.2) is 30.3 Å². The molecule has 14 heavy (non-hydrogen) atoms. The quantitative estimate of drug-likeness (QED) is 0.452. The van der Waals surface area contributed by atoms with Gasteiger partial charge in [-0.05, 0) is 0 Å². The topological polar surface area (TPSA) is 52.1 Å². The molecule has 2 heterocycles. The number of hydrogen-bond donors (Lipinski definition) is 0. The number of carbonyl (C=O) groups is 1. The number of hydrogen-bond acceptors (Lipinski definition) is 4. The van der Waals surface area contributed by atoms with Crippen molar-refractivity contribution < 1.29 is 9.53 Å². The van der Waals surface area contributed by atoms with Crippen LogP contribution in [0.15, 0.2) is 12.3 Å². The maximum atomic E-state index is 11.1. The molecular weight excluding hydrogens is 179 g/mol. The molecule has 0 N–H and O–H groups in total. The highest BCUT2D eigenvalue weighted by Gasteiger charge is 2.15. The summed E-state index contributed by atoms with van der Waals surface area (Å²) in [7, 11) is 2.20. The Balaban J connectivity index is 2.30. The van der Waals surface area contributed by atoms with Crippen LogP contribution < -0.4 is 5.59 Å². The predicted molar refractivity (Wildman–Crippen MR) is 53.6 cm³/mol. The summed E-state index contributed by atoms with van der Waals surface area (Å²) >= 11 is 0. The number of aromatic nitrogens is 2. The van der Waals surface area contributed by atoms with Crippen LogP contribution in [-0.2, 0) is 16.0 Å². The van der Waals surface area contributed by atoms with E-state index < -0.39 is 0 Å². The summed E-state index contributed by atoms with van der Waals surface area (Å²) in [5.41, 5.74) is 2.70. The first-order valence-electron chi connectivity index (χ1n) is 4.37. The van der Waals surface area contributed by atoms with Crippen LogP contribution >= 0.6 is 0 Å². The van der Waals surface area contributed by atoms with Gasteiger partial charge in [0.25, 0.3) is 0 Å². The zero-order chi connectivity index (χ0) is 9.97. The first kappa shape index (κ1) is 8.93. The fraction of sp³-hybridized carbons (Fsp3) is 0.222. The average molecular weight is 188 g/mol. The number of nitrogens with zero attached hydrogens (tertiary/aromatic N) is 2. The molecule has 1 aliphatic rings. The molecule has 0 saturated carbocycles. The minimum Gasteiger partial charge on any atom is -0.469 e. The highest BCUT2D eigenvalue weighted by Crippen LogP contribution is 2.09. The second-order valence-electron chi connectivity index (χ2n) is 3.04. The van der Waals surface area contributed by atoms with Crippen LogP contribution in [0.25, 0.3) is 6.08 Å². The van der Waals surface area contributed by atoms with Crippen molar-refractivity contribution in [2.45, 2.75) is 6.42 Å². The van der Waals surface area contributed by atoms with Crippen molar-refractivity contribution in [1.29, 1.82) is 0 Å². The predicted octanol–water partition coefficient (Wildman–Crippen LogP) is -0.762. The monoisotopic (exact) mass is 188 g/mol. The van der Waals surface area contributed by atoms with E-state index in [-0.39, 0.29) is 12.4 Å². The lowest BCUT2D eigenvalue weighted by Gasteiger charge is -2.04. The molecule has 70 valence electrons. The standard InChI is InChI=1S/C9H9BN2O2/c1-14-8(13)4-7-6-2-3-10-9(6)12-5-11-7/h2-3,5,10H,4H2,1H3. The number of rotatable bonds is 2. The molecule has 4 nitrogen and oxygen atoms in total. The molecule has 0 aliphatic carbocycles. The van der Waals surface area contributed by atoms with Gasteiger partial charge in [0.15, 0.2) is 0 Å². The molecule has 0 amide bonds. The molecule has 2 rings (SSSR count). The summed E-state index contributed by atoms with van der Waals surface area (Å²) in [4.78, 5) is 19.3. The van der Waals surface area contributed by atoms with E-state index in [4.69, 9.17) is 0 Å². The van der Waals surface area contributed by atoms with Crippen LogP contribution in [0.4, 0.5) is 0 Å². The molecule has 0 aromatic carbocycles. The summed E-state index contributed by atoms with van der Waals surface area (Å²) in [6.07, 6.45) is 3.66. The number of methoxy groups -OCH3 is 1. The van der Waals surface area contributed by atoms with Gasteiger partial charge in [-0.2, -0.15) is 0 Å². The average Bonchev–Trinajstić information content (AvgIpc) is 2.66. The third kappa shape index (κ3) is 1.53. The molecule has 1 aromatic rings. The number of fused-ring (bicyclic) bond motifs is 1. The third-order valence-electron chi connectivity index (χ3n) is 2.18. The summed E-state index contributed by atoms with van der Waals surface area (Å²) in [6, 6.07) is 0. The minimum absolute atomic E-state index is 0.214. The van der Waals surface area contributed by atoms with E-state index >= 15 is 0 Å². The molecular formula is C9H9BN2O2. The van der Waals surface area contributed by atoms with Crippen LogP contribution in [0.3, 0.4) is 0 Å². The number of carbonyl (C=O) groups excluding carboxylic acids is 1. The van der Waals surface area contributed by atoms with Gasteiger partial charge in [0, 0.05) is 11.2 Å². The zero-order valence-corrected chi connectivity index (χ0v) is 7.86. The van der Waals surface area contributed by atoms with Gasteiger partial charge < -0.3 is 4.74 Å². The van der Waals surface area contributed by atoms with E-state index in [1.165, 1.54) is 13.4 Å². The molecule has 0 saturated heterocycles. The van der Waals surface area contributed by atoms with Crippen LogP contribution in [0, 0.1) is 0 Å². The highest BCUT2D eigenvalue weighted by molar-refractivity contribution is 6.61. The van der Waals surface area contributed by atoms with Gasteiger partial charge in [-0.3, -0.25) is 9.78 Å². The molecule has 0 radical (unpaired) electrons. The fourth-order valence-electron chi connectivity index (χ4n) is 1.47. The lowest BCUT2D eigenvalue weighted by Crippen LogP contribution is -2.20. The molecule has 0 fully saturated rings. The molecule has 0 atom stereocenters. The molecule has 1 aromatic heterocycles. The first-order chi connectivity index (χ1) is 6.81. The maximum Gasteiger partial charge on any atom is 0.311 e. The van der Waals surface area contributed by atoms with E-state index in [0.717, 1.165) is 24.1 Å². The Bertz CT molecular complexity index is 404. The molecule has 0 bridgehead atoms. The second kappa shape index (κ2) is 3.61. The third-order valence-corrected chi connectivity index (χ3v) is 2.18. The van der Waals surface area contributed by atoms with Gasteiger partial charge in [-0.25, -0.2) is 4.98 Å². The van der Waals surface area contributed by atoms with E-state index in [1.54, 1.807) is 0 Å². The Labute approximate surface area is 82.3 Å². The second-order valence-corrected chi connectivity index (χ2v) is 3.04. The van der Waals surface area contributed by atoms with Gasteiger partial charge in [0.1, 0.15) is 6.33 Å². The number of ether oxygens (including phenoxy) is 1. The van der Waals surface area contributed by atoms with Gasteiger partial charge in [0.05, 0.1) is 19.2 Å². The Kier molecular flexibility index (Phi) is 2.31. The molecule has 5 heteroatoms. The van der Waals surface area contributed by atoms with Gasteiger partial charge in [-0.1, -0.05) is 6.08 Å². The largest absolute Gasteiger partial charge is 0.469 e. The van der Waals surface area contributed by atoms with E-state index in [0.29, 0.717) is 0 Å². The van der Waals surface area contributed by atoms with Crippen molar-refractivity contribution in [3.05, 3.63) is 23.6 Å². The van der Waals surface area contributed by atoms with Crippen molar-refractivity contribution in [2.75, 3.05) is 7.11 Å². The summed E-state index contributed by atoms with van der Waals surface area (Å²) < 4.78 is 4.59. The van der Waals surface area contributed by atoms with Gasteiger partial charge in [-0.15, -0.1) is 5.98 Å². The van der Waals surface area contributed by atoms with E-state index in [9.17, 15) is 4.79 Å². The van der Waals surface area contributed by atoms with Crippen molar-refractivity contribution >= 4 is 24.9 Å². The lowest BCUT2D eigenvalue weighted by atomic mass is 9.77. The number of esters is 1. The Hall–Kier alpha value is -1.65. The van der Waals surface area contributed by atoms with Crippen LogP contribution in [0.2, 0.25) is 0 Å². The Morgan fingerprint density at radius 2 is 2.43 bits per heavy atom. The summed E-state index contributed by atoms with van der Waals surface area (Å²) in [5, 5.41) is 0. The van der Waals surface area contributed by atoms with Crippen molar-refractivity contribution in [2.24, 2.45) is 0 Å². The fourth-order valence-corrected chi connectivity index (χ4v) is 1.47. The van der Waals surface area contributed by atoms with Gasteiger partial charge >= 0.3 is 5.97 Å². The highest BCUT2D eigenvalue weighted by atomic mass is 16.5. The maximum absolute atomic E-state index is 11.1. The Morgan fingerprint density at radius 3 is 3.21 bits per heavy atom. The van der Waals surface area contributed by atoms with Crippen molar-refractivity contribution in [3.63, 3.8) is 0 Å². The van der Waals surface area contributed by atoms with Crippen LogP contribution in [0.1, 0.15) is 11.3 Å². The summed E-state index contributed by atoms with van der Waals surface area (Å²) in [6.45, 7) is 0. The Morgan fingerprint density at radius 1 is 1.57 bits per heavy atom. The van der Waals surface area contributed by atoms with Gasteiger partial charge in [0.2, 0.25) is 7.28 Å². The lowest BCUT2D eigenvalue weighted by molar-refractivity contribution is -0.139. The smallest absolute Gasteiger partial charge is 0.311 e. The first-order valence-corrected chi connectivity index (χ1v) is 4.37. The molecule has 1 aliphatic heterocycles.